The lowest BCUT2D eigenvalue weighted by atomic mass is 9.94. The van der Waals surface area contributed by atoms with Gasteiger partial charge in [0.05, 0.1) is 4.90 Å². The van der Waals surface area contributed by atoms with Crippen LogP contribution in [0.15, 0.2) is 41.3 Å². The largest absolute Gasteiger partial charge is 0.385 e. The topological polar surface area (TPSA) is 46.2 Å². The highest BCUT2D eigenvalue weighted by atomic mass is 32.2. The monoisotopic (exact) mass is 301 g/mol. The molecule has 3 nitrogen and oxygen atoms in total. The molecular weight excluding hydrogens is 284 g/mol. The summed E-state index contributed by atoms with van der Waals surface area (Å²) in [6, 6.07) is 5.47. The van der Waals surface area contributed by atoms with Gasteiger partial charge in [0.25, 0.3) is 0 Å². The number of rotatable bonds is 5. The fourth-order valence-corrected chi connectivity index (χ4v) is 2.89. The molecule has 1 atom stereocenters. The summed E-state index contributed by atoms with van der Waals surface area (Å²) in [6.45, 7) is 0.797. The molecule has 0 spiro atoms. The summed E-state index contributed by atoms with van der Waals surface area (Å²) in [4.78, 5) is -0.348. The number of sulfone groups is 1. The van der Waals surface area contributed by atoms with Gasteiger partial charge in [0.2, 0.25) is 9.84 Å². The van der Waals surface area contributed by atoms with Crippen molar-refractivity contribution < 1.29 is 17.2 Å². The molecule has 1 aliphatic rings. The van der Waals surface area contributed by atoms with Crippen LogP contribution in [0.1, 0.15) is 19.3 Å². The molecule has 1 aromatic rings. The molecule has 0 amide bonds. The third-order valence-corrected chi connectivity index (χ3v) is 4.79. The van der Waals surface area contributed by atoms with Gasteiger partial charge in [0, 0.05) is 12.2 Å². The summed E-state index contributed by atoms with van der Waals surface area (Å²) in [7, 11) is -4.50. The van der Waals surface area contributed by atoms with Crippen LogP contribution in [0.2, 0.25) is 0 Å². The van der Waals surface area contributed by atoms with Crippen LogP contribution in [0.25, 0.3) is 0 Å². The molecule has 0 saturated heterocycles. The van der Waals surface area contributed by atoms with E-state index in [9.17, 15) is 17.2 Å². The van der Waals surface area contributed by atoms with Crippen molar-refractivity contribution in [2.45, 2.75) is 29.9 Å². The van der Waals surface area contributed by atoms with Gasteiger partial charge in [-0.2, -0.15) is 8.78 Å². The first kappa shape index (κ1) is 15.0. The summed E-state index contributed by atoms with van der Waals surface area (Å²) in [6.07, 6.45) is 7.57. The van der Waals surface area contributed by atoms with Crippen LogP contribution in [0, 0.1) is 5.92 Å². The van der Waals surface area contributed by atoms with Crippen molar-refractivity contribution >= 4 is 15.5 Å². The number of anilines is 1. The molecule has 1 unspecified atom stereocenters. The minimum Gasteiger partial charge on any atom is -0.385 e. The molecule has 20 heavy (non-hydrogen) atoms. The molecule has 6 heteroatoms. The van der Waals surface area contributed by atoms with Gasteiger partial charge in [-0.1, -0.05) is 12.2 Å². The van der Waals surface area contributed by atoms with E-state index in [-0.39, 0.29) is 4.90 Å². The molecule has 1 aromatic carbocycles. The van der Waals surface area contributed by atoms with E-state index in [0.29, 0.717) is 5.92 Å². The second kappa shape index (κ2) is 6.35. The van der Waals surface area contributed by atoms with E-state index in [2.05, 4.69) is 17.5 Å². The van der Waals surface area contributed by atoms with Gasteiger partial charge in [0.1, 0.15) is 0 Å². The van der Waals surface area contributed by atoms with Crippen molar-refractivity contribution in [2.24, 2.45) is 5.92 Å². The highest BCUT2D eigenvalue weighted by Gasteiger charge is 2.26. The van der Waals surface area contributed by atoms with Crippen molar-refractivity contribution in [3.05, 3.63) is 36.4 Å². The van der Waals surface area contributed by atoms with E-state index in [4.69, 9.17) is 0 Å². The molecule has 0 radical (unpaired) electrons. The number of benzene rings is 1. The fraction of sp³-hybridized carbons (Fsp3) is 0.429. The van der Waals surface area contributed by atoms with Crippen molar-refractivity contribution in [1.29, 1.82) is 0 Å². The molecule has 2 rings (SSSR count). The Labute approximate surface area is 117 Å². The standard InChI is InChI=1S/C14H17F2NO2S/c15-14(16)20(18,19)13-8-6-12(7-9-13)17-10-11-4-2-1-3-5-11/h1-2,6-9,11,14,17H,3-5,10H2. The SMILES string of the molecule is O=S(=O)(c1ccc(NCC2CC=CCC2)cc1)C(F)F. The first-order chi connectivity index (χ1) is 9.50. The first-order valence-corrected chi connectivity index (χ1v) is 8.06. The van der Waals surface area contributed by atoms with Crippen LogP contribution in [-0.4, -0.2) is 20.7 Å². The smallest absolute Gasteiger partial charge is 0.341 e. The summed E-state index contributed by atoms with van der Waals surface area (Å²) in [5.74, 6) is -2.82. The second-order valence-electron chi connectivity index (χ2n) is 4.86. The van der Waals surface area contributed by atoms with Gasteiger partial charge < -0.3 is 5.32 Å². The van der Waals surface area contributed by atoms with Crippen LogP contribution in [-0.2, 0) is 9.84 Å². The molecule has 110 valence electrons. The molecule has 0 aromatic heterocycles. The van der Waals surface area contributed by atoms with E-state index >= 15 is 0 Å². The lowest BCUT2D eigenvalue weighted by Crippen LogP contribution is -2.15. The number of nitrogens with one attached hydrogen (secondary N) is 1. The van der Waals surface area contributed by atoms with Gasteiger partial charge in [-0.25, -0.2) is 8.42 Å². The molecule has 0 saturated carbocycles. The van der Waals surface area contributed by atoms with Crippen molar-refractivity contribution in [3.63, 3.8) is 0 Å². The van der Waals surface area contributed by atoms with E-state index in [1.54, 1.807) is 0 Å². The van der Waals surface area contributed by atoms with E-state index in [1.807, 2.05) is 0 Å². The Bertz CT molecular complexity index is 567. The zero-order chi connectivity index (χ0) is 14.6. The number of allylic oxidation sites excluding steroid dienone is 2. The third-order valence-electron chi connectivity index (χ3n) is 3.39. The zero-order valence-corrected chi connectivity index (χ0v) is 11.7. The van der Waals surface area contributed by atoms with Gasteiger partial charge in [0.15, 0.2) is 0 Å². The first-order valence-electron chi connectivity index (χ1n) is 6.51. The Morgan fingerprint density at radius 2 is 1.90 bits per heavy atom. The highest BCUT2D eigenvalue weighted by Crippen LogP contribution is 2.22. The fourth-order valence-electron chi connectivity index (χ4n) is 2.17. The van der Waals surface area contributed by atoms with Crippen LogP contribution in [0.5, 0.6) is 0 Å². The van der Waals surface area contributed by atoms with E-state index < -0.39 is 15.6 Å². The summed E-state index contributed by atoms with van der Waals surface area (Å²) in [5, 5.41) is 3.21. The van der Waals surface area contributed by atoms with E-state index in [1.165, 1.54) is 24.3 Å². The van der Waals surface area contributed by atoms with Crippen LogP contribution >= 0.6 is 0 Å². The number of hydrogen-bond donors (Lipinski definition) is 1. The third kappa shape index (κ3) is 3.56. The lowest BCUT2D eigenvalue weighted by Gasteiger charge is -2.18. The normalized spacial score (nSPS) is 19.2. The maximum atomic E-state index is 12.4. The second-order valence-corrected chi connectivity index (χ2v) is 6.78. The summed E-state index contributed by atoms with van der Waals surface area (Å²) in [5.41, 5.74) is 0.743. The predicted molar refractivity (Wildman–Crippen MR) is 74.6 cm³/mol. The van der Waals surface area contributed by atoms with Crippen LogP contribution < -0.4 is 5.32 Å². The van der Waals surface area contributed by atoms with Crippen LogP contribution in [0.4, 0.5) is 14.5 Å². The van der Waals surface area contributed by atoms with Crippen molar-refractivity contribution in [2.75, 3.05) is 11.9 Å². The lowest BCUT2D eigenvalue weighted by molar-refractivity contribution is 0.234. The van der Waals surface area contributed by atoms with Gasteiger partial charge in [-0.3, -0.25) is 0 Å². The van der Waals surface area contributed by atoms with Crippen molar-refractivity contribution in [3.8, 4) is 0 Å². The summed E-state index contributed by atoms with van der Waals surface area (Å²) >= 11 is 0. The number of halogens is 2. The number of alkyl halides is 2. The maximum Gasteiger partial charge on any atom is 0.341 e. The molecule has 1 N–H and O–H groups in total. The summed E-state index contributed by atoms with van der Waals surface area (Å²) < 4.78 is 47.3. The average Bonchev–Trinajstić information content (AvgIpc) is 2.46. The Morgan fingerprint density at radius 3 is 2.45 bits per heavy atom. The van der Waals surface area contributed by atoms with Crippen LogP contribution in [0.3, 0.4) is 0 Å². The molecule has 0 aliphatic heterocycles. The Balaban J connectivity index is 1.96. The highest BCUT2D eigenvalue weighted by molar-refractivity contribution is 7.91. The Hall–Kier alpha value is -1.43. The Kier molecular flexibility index (Phi) is 4.75. The quantitative estimate of drug-likeness (QED) is 0.847. The van der Waals surface area contributed by atoms with Crippen molar-refractivity contribution in [1.82, 2.24) is 0 Å². The minimum atomic E-state index is -4.50. The molecule has 0 fully saturated rings. The minimum absolute atomic E-state index is 0.348. The molecule has 0 bridgehead atoms. The molecule has 1 aliphatic carbocycles. The maximum absolute atomic E-state index is 12.4. The van der Waals surface area contributed by atoms with Gasteiger partial charge in [-0.05, 0) is 49.4 Å². The van der Waals surface area contributed by atoms with E-state index in [0.717, 1.165) is 31.5 Å². The molecule has 0 heterocycles. The average molecular weight is 301 g/mol. The van der Waals surface area contributed by atoms with Gasteiger partial charge >= 0.3 is 5.76 Å². The van der Waals surface area contributed by atoms with Gasteiger partial charge in [-0.15, -0.1) is 0 Å². The zero-order valence-electron chi connectivity index (χ0n) is 10.9. The Morgan fingerprint density at radius 1 is 1.20 bits per heavy atom. The predicted octanol–water partition coefficient (Wildman–Crippen LogP) is 3.45. The molecular formula is C14H17F2NO2S. The number of hydrogen-bond acceptors (Lipinski definition) is 3.